The summed E-state index contributed by atoms with van der Waals surface area (Å²) in [5.74, 6) is 0. The summed E-state index contributed by atoms with van der Waals surface area (Å²) in [6.07, 6.45) is 22.5. The number of alkyl halides is 1. The Morgan fingerprint density at radius 2 is 1.12 bits per heavy atom. The van der Waals surface area contributed by atoms with Gasteiger partial charge in [0.05, 0.1) is 0 Å². The van der Waals surface area contributed by atoms with Gasteiger partial charge in [0.1, 0.15) is 0 Å². The first-order chi connectivity index (χ1) is 11.8. The van der Waals surface area contributed by atoms with Crippen LogP contribution >= 0.6 is 11.6 Å². The average molecular weight is 375 g/mol. The minimum atomic E-state index is -1.49. The second-order valence-electron chi connectivity index (χ2n) is 7.97. The molecule has 0 spiro atoms. The second kappa shape index (κ2) is 15.7. The molecular weight excluding hydrogens is 332 g/mol. The highest BCUT2D eigenvalue weighted by Gasteiger charge is 2.35. The molecule has 0 amide bonds. The van der Waals surface area contributed by atoms with Crippen LogP contribution in [0.3, 0.4) is 0 Å². The Bertz CT molecular complexity index is 267. The van der Waals surface area contributed by atoms with E-state index in [1.807, 2.05) is 0 Å². The van der Waals surface area contributed by atoms with Crippen molar-refractivity contribution in [2.45, 2.75) is 122 Å². The largest absolute Gasteiger partial charge is 0.416 e. The predicted octanol–water partition coefficient (Wildman–Crippen LogP) is 8.00. The van der Waals surface area contributed by atoms with Gasteiger partial charge in [-0.15, -0.1) is 11.6 Å². The van der Waals surface area contributed by atoms with E-state index in [0.717, 1.165) is 12.1 Å². The molecular formula is C21H43ClOSi. The Morgan fingerprint density at radius 3 is 1.58 bits per heavy atom. The molecule has 0 saturated carbocycles. The molecule has 0 aromatic heterocycles. The molecule has 24 heavy (non-hydrogen) atoms. The van der Waals surface area contributed by atoms with Crippen molar-refractivity contribution in [3.8, 4) is 0 Å². The van der Waals surface area contributed by atoms with Crippen molar-refractivity contribution in [2.75, 3.05) is 12.1 Å². The van der Waals surface area contributed by atoms with Crippen LogP contribution in [0, 0.1) is 0 Å². The zero-order chi connectivity index (χ0) is 17.3. The van der Waals surface area contributed by atoms with Gasteiger partial charge in [0, 0.05) is 12.1 Å². The third-order valence-corrected chi connectivity index (χ3v) is 11.0. The van der Waals surface area contributed by atoms with Crippen molar-refractivity contribution in [2.24, 2.45) is 0 Å². The lowest BCUT2D eigenvalue weighted by molar-refractivity contribution is 0.282. The van der Waals surface area contributed by atoms with Gasteiger partial charge >= 0.3 is 0 Å². The van der Waals surface area contributed by atoms with Gasteiger partial charge < -0.3 is 4.43 Å². The standard InChI is InChI=1S/C21H43ClOSi/c1-2-3-4-5-6-7-8-9-10-11-12-13-15-18-23-24(21-22)19-16-14-17-20-24/h2-21H2,1H3. The van der Waals surface area contributed by atoms with Gasteiger partial charge in [0.25, 0.3) is 0 Å². The monoisotopic (exact) mass is 374 g/mol. The normalized spacial score (nSPS) is 17.2. The maximum absolute atomic E-state index is 6.33. The zero-order valence-corrected chi connectivity index (χ0v) is 18.2. The van der Waals surface area contributed by atoms with Gasteiger partial charge in [0.2, 0.25) is 8.32 Å². The highest BCUT2D eigenvalue weighted by atomic mass is 35.5. The fourth-order valence-corrected chi connectivity index (χ4v) is 8.20. The Kier molecular flexibility index (Phi) is 14.7. The average Bonchev–Trinajstić information content (AvgIpc) is 2.63. The fourth-order valence-electron chi connectivity index (χ4n) is 3.92. The molecule has 1 heterocycles. The highest BCUT2D eigenvalue weighted by Crippen LogP contribution is 2.30. The second-order valence-corrected chi connectivity index (χ2v) is 12.7. The molecule has 0 aromatic carbocycles. The Labute approximate surface area is 158 Å². The van der Waals surface area contributed by atoms with Gasteiger partial charge in [-0.05, 0) is 18.5 Å². The summed E-state index contributed by atoms with van der Waals surface area (Å²) in [6.45, 7) is 3.27. The Balaban J connectivity index is 1.80. The first-order valence-electron chi connectivity index (χ1n) is 11.0. The summed E-state index contributed by atoms with van der Waals surface area (Å²) >= 11 is 6.23. The molecule has 1 nitrogen and oxygen atoms in total. The van der Waals surface area contributed by atoms with E-state index < -0.39 is 8.32 Å². The first-order valence-corrected chi connectivity index (χ1v) is 14.1. The molecule has 1 rings (SSSR count). The zero-order valence-electron chi connectivity index (χ0n) is 16.4. The number of unbranched alkanes of at least 4 members (excludes halogenated alkanes) is 12. The molecule has 1 aliphatic heterocycles. The van der Waals surface area contributed by atoms with Crippen LogP contribution in [-0.2, 0) is 4.43 Å². The lowest BCUT2D eigenvalue weighted by Crippen LogP contribution is -2.43. The van der Waals surface area contributed by atoms with E-state index in [2.05, 4.69) is 6.92 Å². The first kappa shape index (κ1) is 22.5. The maximum atomic E-state index is 6.33. The number of hydrogen-bond acceptors (Lipinski definition) is 1. The van der Waals surface area contributed by atoms with E-state index in [9.17, 15) is 0 Å². The number of halogens is 1. The summed E-state index contributed by atoms with van der Waals surface area (Å²) in [6, 6.07) is 2.63. The molecule has 0 unspecified atom stereocenters. The highest BCUT2D eigenvalue weighted by molar-refractivity contribution is 6.80. The SMILES string of the molecule is CCCCCCCCCCCCCCCO[Si]1(CCl)CCCCC1. The molecule has 1 saturated heterocycles. The van der Waals surface area contributed by atoms with Gasteiger partial charge in [0.15, 0.2) is 0 Å². The smallest absolute Gasteiger partial charge is 0.207 e. The van der Waals surface area contributed by atoms with Crippen molar-refractivity contribution in [3.05, 3.63) is 0 Å². The van der Waals surface area contributed by atoms with E-state index >= 15 is 0 Å². The molecule has 1 fully saturated rings. The number of hydrogen-bond donors (Lipinski definition) is 0. The molecule has 0 N–H and O–H groups in total. The maximum Gasteiger partial charge on any atom is 0.207 e. The molecule has 144 valence electrons. The van der Waals surface area contributed by atoms with Crippen LogP contribution in [0.4, 0.5) is 0 Å². The van der Waals surface area contributed by atoms with Crippen LogP contribution in [0.5, 0.6) is 0 Å². The van der Waals surface area contributed by atoms with Crippen molar-refractivity contribution in [3.63, 3.8) is 0 Å². The predicted molar refractivity (Wildman–Crippen MR) is 112 cm³/mol. The van der Waals surface area contributed by atoms with Crippen LogP contribution in [0.15, 0.2) is 0 Å². The topological polar surface area (TPSA) is 9.23 Å². The van der Waals surface area contributed by atoms with Crippen molar-refractivity contribution >= 4 is 19.9 Å². The molecule has 1 aliphatic rings. The van der Waals surface area contributed by atoms with Crippen LogP contribution in [0.1, 0.15) is 110 Å². The van der Waals surface area contributed by atoms with Gasteiger partial charge in [-0.3, -0.25) is 0 Å². The van der Waals surface area contributed by atoms with Crippen LogP contribution in [-0.4, -0.2) is 20.4 Å². The van der Waals surface area contributed by atoms with Crippen LogP contribution < -0.4 is 0 Å². The molecule has 0 atom stereocenters. The molecule has 0 bridgehead atoms. The van der Waals surface area contributed by atoms with E-state index in [4.69, 9.17) is 16.0 Å². The Morgan fingerprint density at radius 1 is 0.667 bits per heavy atom. The quantitative estimate of drug-likeness (QED) is 0.151. The van der Waals surface area contributed by atoms with Gasteiger partial charge in [-0.25, -0.2) is 0 Å². The summed E-state index contributed by atoms with van der Waals surface area (Å²) in [7, 11) is -1.49. The van der Waals surface area contributed by atoms with Crippen LogP contribution in [0.25, 0.3) is 0 Å². The minimum absolute atomic E-state index is 0.825. The van der Waals surface area contributed by atoms with E-state index in [-0.39, 0.29) is 0 Å². The van der Waals surface area contributed by atoms with Crippen molar-refractivity contribution in [1.29, 1.82) is 0 Å². The summed E-state index contributed by atoms with van der Waals surface area (Å²) < 4.78 is 6.33. The van der Waals surface area contributed by atoms with Crippen molar-refractivity contribution in [1.82, 2.24) is 0 Å². The lowest BCUT2D eigenvalue weighted by atomic mass is 10.0. The summed E-state index contributed by atoms with van der Waals surface area (Å²) in [4.78, 5) is 0. The molecule has 0 aromatic rings. The lowest BCUT2D eigenvalue weighted by Gasteiger charge is -2.33. The summed E-state index contributed by atoms with van der Waals surface area (Å²) in [5, 5.41) is 0. The molecule has 3 heteroatoms. The third-order valence-electron chi connectivity index (χ3n) is 5.66. The fraction of sp³-hybridized carbons (Fsp3) is 1.00. The van der Waals surface area contributed by atoms with Gasteiger partial charge in [-0.2, -0.15) is 0 Å². The summed E-state index contributed by atoms with van der Waals surface area (Å²) in [5.41, 5.74) is 0.825. The van der Waals surface area contributed by atoms with Crippen molar-refractivity contribution < 1.29 is 4.43 Å². The van der Waals surface area contributed by atoms with E-state index in [1.54, 1.807) is 0 Å². The Hall–Kier alpha value is 0.467. The van der Waals surface area contributed by atoms with E-state index in [0.29, 0.717) is 0 Å². The van der Waals surface area contributed by atoms with E-state index in [1.165, 1.54) is 115 Å². The molecule has 0 aliphatic carbocycles. The van der Waals surface area contributed by atoms with Crippen LogP contribution in [0.2, 0.25) is 12.1 Å². The third kappa shape index (κ3) is 11.2. The van der Waals surface area contributed by atoms with Gasteiger partial charge in [-0.1, -0.05) is 103 Å². The number of rotatable bonds is 16. The minimum Gasteiger partial charge on any atom is -0.416 e. The molecule has 0 radical (unpaired) electrons.